The fourth-order valence-corrected chi connectivity index (χ4v) is 1.36. The Labute approximate surface area is 88.2 Å². The normalized spacial score (nSPS) is 16.6. The van der Waals surface area contributed by atoms with Crippen LogP contribution < -0.4 is 5.32 Å². The van der Waals surface area contributed by atoms with Crippen molar-refractivity contribution in [3.05, 3.63) is 11.9 Å². The zero-order chi connectivity index (χ0) is 10.5. The van der Waals surface area contributed by atoms with Gasteiger partial charge in [0.05, 0.1) is 24.9 Å². The molecule has 6 heteroatoms. The van der Waals surface area contributed by atoms with Crippen LogP contribution in [0.2, 0.25) is 0 Å². The number of rotatable bonds is 6. The van der Waals surface area contributed by atoms with Crippen LogP contribution in [0.4, 0.5) is 0 Å². The first-order valence-corrected chi connectivity index (χ1v) is 5.19. The molecule has 2 N–H and O–H groups in total. The quantitative estimate of drug-likeness (QED) is 0.642. The van der Waals surface area contributed by atoms with E-state index in [1.807, 2.05) is 6.20 Å². The molecule has 0 amide bonds. The third-order valence-electron chi connectivity index (χ3n) is 2.34. The van der Waals surface area contributed by atoms with E-state index in [1.165, 1.54) is 0 Å². The SMILES string of the molecule is OCCCn1cc(CNC2COC2)nn1. The molecular formula is C9H16N4O2. The zero-order valence-electron chi connectivity index (χ0n) is 8.59. The molecule has 1 aliphatic rings. The predicted octanol–water partition coefficient (Wildman–Crippen LogP) is -0.851. The highest BCUT2D eigenvalue weighted by molar-refractivity contribution is 4.92. The minimum absolute atomic E-state index is 0.187. The third kappa shape index (κ3) is 2.98. The van der Waals surface area contributed by atoms with E-state index in [1.54, 1.807) is 4.68 Å². The predicted molar refractivity (Wildman–Crippen MR) is 53.2 cm³/mol. The lowest BCUT2D eigenvalue weighted by Crippen LogP contribution is -2.45. The summed E-state index contributed by atoms with van der Waals surface area (Å²) >= 11 is 0. The summed E-state index contributed by atoms with van der Waals surface area (Å²) in [5.41, 5.74) is 0.930. The lowest BCUT2D eigenvalue weighted by Gasteiger charge is -2.26. The molecule has 2 rings (SSSR count). The highest BCUT2D eigenvalue weighted by Crippen LogP contribution is 2.01. The maximum absolute atomic E-state index is 8.66. The van der Waals surface area contributed by atoms with Crippen molar-refractivity contribution < 1.29 is 9.84 Å². The number of hydrogen-bond donors (Lipinski definition) is 2. The third-order valence-corrected chi connectivity index (χ3v) is 2.34. The second-order valence-corrected chi connectivity index (χ2v) is 3.67. The van der Waals surface area contributed by atoms with Gasteiger partial charge in [-0.1, -0.05) is 5.21 Å². The van der Waals surface area contributed by atoms with Crippen molar-refractivity contribution in [2.24, 2.45) is 0 Å². The van der Waals surface area contributed by atoms with Crippen molar-refractivity contribution >= 4 is 0 Å². The van der Waals surface area contributed by atoms with E-state index in [-0.39, 0.29) is 6.61 Å². The number of aliphatic hydroxyl groups is 1. The summed E-state index contributed by atoms with van der Waals surface area (Å²) in [7, 11) is 0. The Morgan fingerprint density at radius 1 is 1.60 bits per heavy atom. The molecule has 0 aliphatic carbocycles. The van der Waals surface area contributed by atoms with Crippen LogP contribution in [0.25, 0.3) is 0 Å². The average Bonchev–Trinajstić information content (AvgIpc) is 2.60. The molecule has 0 unspecified atom stereocenters. The van der Waals surface area contributed by atoms with Crippen molar-refractivity contribution in [2.75, 3.05) is 19.8 Å². The summed E-state index contributed by atoms with van der Waals surface area (Å²) in [6.07, 6.45) is 2.62. The van der Waals surface area contributed by atoms with Crippen LogP contribution in [0.1, 0.15) is 12.1 Å². The van der Waals surface area contributed by atoms with Crippen molar-refractivity contribution in [1.82, 2.24) is 20.3 Å². The highest BCUT2D eigenvalue weighted by atomic mass is 16.5. The Bertz CT molecular complexity index is 298. The topological polar surface area (TPSA) is 72.2 Å². The van der Waals surface area contributed by atoms with Crippen molar-refractivity contribution in [1.29, 1.82) is 0 Å². The van der Waals surface area contributed by atoms with Gasteiger partial charge in [-0.15, -0.1) is 5.10 Å². The second kappa shape index (κ2) is 5.20. The summed E-state index contributed by atoms with van der Waals surface area (Å²) in [6, 6.07) is 0.465. The molecule has 84 valence electrons. The summed E-state index contributed by atoms with van der Waals surface area (Å²) in [5, 5.41) is 20.0. The number of hydrogen-bond acceptors (Lipinski definition) is 5. The molecule has 0 atom stereocenters. The van der Waals surface area contributed by atoms with Gasteiger partial charge < -0.3 is 15.2 Å². The smallest absolute Gasteiger partial charge is 0.0964 e. The summed E-state index contributed by atoms with van der Waals surface area (Å²) in [6.45, 7) is 3.22. The lowest BCUT2D eigenvalue weighted by molar-refractivity contribution is -0.00591. The number of aromatic nitrogens is 3. The van der Waals surface area contributed by atoms with Crippen LogP contribution in [0.5, 0.6) is 0 Å². The summed E-state index contributed by atoms with van der Waals surface area (Å²) in [5.74, 6) is 0. The van der Waals surface area contributed by atoms with E-state index >= 15 is 0 Å². The standard InChI is InChI=1S/C9H16N4O2/c14-3-1-2-13-5-8(11-12-13)4-10-9-6-15-7-9/h5,9-10,14H,1-4,6-7H2. The van der Waals surface area contributed by atoms with Crippen LogP contribution in [0.15, 0.2) is 6.20 Å². The van der Waals surface area contributed by atoms with Gasteiger partial charge in [-0.3, -0.25) is 4.68 Å². The molecule has 1 aliphatic heterocycles. The van der Waals surface area contributed by atoms with E-state index in [0.29, 0.717) is 12.5 Å². The molecule has 0 aromatic carbocycles. The van der Waals surface area contributed by atoms with E-state index < -0.39 is 0 Å². The van der Waals surface area contributed by atoms with E-state index in [9.17, 15) is 0 Å². The Hall–Kier alpha value is -0.980. The molecule has 1 aromatic rings. The molecule has 1 aromatic heterocycles. The minimum atomic E-state index is 0.187. The first-order chi connectivity index (χ1) is 7.38. The number of nitrogens with one attached hydrogen (secondary N) is 1. The van der Waals surface area contributed by atoms with Gasteiger partial charge in [0, 0.05) is 25.9 Å². The van der Waals surface area contributed by atoms with E-state index in [0.717, 1.165) is 32.0 Å². The van der Waals surface area contributed by atoms with E-state index in [4.69, 9.17) is 9.84 Å². The Balaban J connectivity index is 1.73. The monoisotopic (exact) mass is 212 g/mol. The molecule has 0 spiro atoms. The second-order valence-electron chi connectivity index (χ2n) is 3.67. The van der Waals surface area contributed by atoms with Crippen molar-refractivity contribution in [2.45, 2.75) is 25.6 Å². The highest BCUT2D eigenvalue weighted by Gasteiger charge is 2.17. The largest absolute Gasteiger partial charge is 0.396 e. The Morgan fingerprint density at radius 2 is 2.47 bits per heavy atom. The Kier molecular flexibility index (Phi) is 3.65. The van der Waals surface area contributed by atoms with Gasteiger partial charge in [0.2, 0.25) is 0 Å². The maximum Gasteiger partial charge on any atom is 0.0964 e. The van der Waals surface area contributed by atoms with Gasteiger partial charge in [-0.25, -0.2) is 0 Å². The van der Waals surface area contributed by atoms with Gasteiger partial charge in [0.15, 0.2) is 0 Å². The van der Waals surface area contributed by atoms with Crippen LogP contribution in [0.3, 0.4) is 0 Å². The van der Waals surface area contributed by atoms with Crippen molar-refractivity contribution in [3.8, 4) is 0 Å². The van der Waals surface area contributed by atoms with E-state index in [2.05, 4.69) is 15.6 Å². The molecule has 0 saturated carbocycles. The van der Waals surface area contributed by atoms with Crippen LogP contribution in [-0.2, 0) is 17.8 Å². The molecule has 1 fully saturated rings. The Morgan fingerprint density at radius 3 is 3.13 bits per heavy atom. The molecular weight excluding hydrogens is 196 g/mol. The average molecular weight is 212 g/mol. The number of ether oxygens (including phenoxy) is 1. The molecule has 0 radical (unpaired) electrons. The zero-order valence-corrected chi connectivity index (χ0v) is 8.59. The van der Waals surface area contributed by atoms with Gasteiger partial charge in [-0.05, 0) is 6.42 Å². The van der Waals surface area contributed by atoms with Gasteiger partial charge in [0.25, 0.3) is 0 Å². The number of aryl methyl sites for hydroxylation is 1. The van der Waals surface area contributed by atoms with Crippen LogP contribution >= 0.6 is 0 Å². The molecule has 15 heavy (non-hydrogen) atoms. The van der Waals surface area contributed by atoms with Gasteiger partial charge >= 0.3 is 0 Å². The van der Waals surface area contributed by atoms with Crippen molar-refractivity contribution in [3.63, 3.8) is 0 Å². The number of nitrogens with zero attached hydrogens (tertiary/aromatic N) is 3. The van der Waals surface area contributed by atoms with Gasteiger partial charge in [0.1, 0.15) is 0 Å². The first-order valence-electron chi connectivity index (χ1n) is 5.19. The molecule has 6 nitrogen and oxygen atoms in total. The van der Waals surface area contributed by atoms with Crippen LogP contribution in [-0.4, -0.2) is 46.0 Å². The van der Waals surface area contributed by atoms with Gasteiger partial charge in [-0.2, -0.15) is 0 Å². The summed E-state index contributed by atoms with van der Waals surface area (Å²) < 4.78 is 6.80. The lowest BCUT2D eigenvalue weighted by atomic mass is 10.2. The molecule has 2 heterocycles. The van der Waals surface area contributed by atoms with Crippen LogP contribution in [0, 0.1) is 0 Å². The first kappa shape index (κ1) is 10.5. The molecule has 0 bridgehead atoms. The minimum Gasteiger partial charge on any atom is -0.396 e. The fraction of sp³-hybridized carbons (Fsp3) is 0.778. The fourth-order valence-electron chi connectivity index (χ4n) is 1.36. The summed E-state index contributed by atoms with van der Waals surface area (Å²) in [4.78, 5) is 0. The maximum atomic E-state index is 8.66. The number of aliphatic hydroxyl groups excluding tert-OH is 1. The molecule has 1 saturated heterocycles.